The summed E-state index contributed by atoms with van der Waals surface area (Å²) in [4.78, 5) is 15.8. The van der Waals surface area contributed by atoms with Crippen molar-refractivity contribution in [2.45, 2.75) is 44.8 Å². The highest BCUT2D eigenvalue weighted by molar-refractivity contribution is 5.76. The van der Waals surface area contributed by atoms with Crippen molar-refractivity contribution in [2.75, 3.05) is 40.3 Å². The van der Waals surface area contributed by atoms with Crippen molar-refractivity contribution in [1.82, 2.24) is 9.80 Å². The van der Waals surface area contributed by atoms with E-state index in [2.05, 4.69) is 11.8 Å². The van der Waals surface area contributed by atoms with Crippen LogP contribution in [0.25, 0.3) is 0 Å². The van der Waals surface area contributed by atoms with E-state index in [9.17, 15) is 4.79 Å². The molecule has 112 valence electrons. The maximum atomic E-state index is 11.8. The van der Waals surface area contributed by atoms with Crippen molar-refractivity contribution in [3.63, 3.8) is 0 Å². The van der Waals surface area contributed by atoms with Crippen molar-refractivity contribution < 1.29 is 9.53 Å². The fraction of sp³-hybridized carbons (Fsp3) is 0.929. The Morgan fingerprint density at radius 2 is 2.26 bits per heavy atom. The van der Waals surface area contributed by atoms with Crippen molar-refractivity contribution in [2.24, 2.45) is 5.73 Å². The molecule has 1 aliphatic rings. The molecule has 1 saturated heterocycles. The monoisotopic (exact) mass is 271 g/mol. The molecule has 2 N–H and O–H groups in total. The standard InChI is InChI=1S/C14H29N3O2/c1-4-8-19-13-6-5-7-17(11-13)12(10-15)9-14(18)16(2)3/h12-13H,4-11,15H2,1-3H3. The van der Waals surface area contributed by atoms with E-state index < -0.39 is 0 Å². The second-order valence-corrected chi connectivity index (χ2v) is 5.51. The van der Waals surface area contributed by atoms with Gasteiger partial charge in [-0.2, -0.15) is 0 Å². The molecular formula is C14H29N3O2. The van der Waals surface area contributed by atoms with E-state index in [1.807, 2.05) is 0 Å². The molecule has 2 unspecified atom stereocenters. The number of likely N-dealkylation sites (tertiary alicyclic amines) is 1. The molecule has 2 atom stereocenters. The van der Waals surface area contributed by atoms with E-state index in [4.69, 9.17) is 10.5 Å². The van der Waals surface area contributed by atoms with Crippen LogP contribution in [0.4, 0.5) is 0 Å². The fourth-order valence-electron chi connectivity index (χ4n) is 2.46. The van der Waals surface area contributed by atoms with Crippen LogP contribution in [0.15, 0.2) is 0 Å². The van der Waals surface area contributed by atoms with Gasteiger partial charge in [0, 0.05) is 46.3 Å². The van der Waals surface area contributed by atoms with Crippen LogP contribution in [-0.4, -0.2) is 68.2 Å². The number of carbonyl (C=O) groups is 1. The molecule has 0 saturated carbocycles. The molecular weight excluding hydrogens is 242 g/mol. The maximum Gasteiger partial charge on any atom is 0.223 e. The summed E-state index contributed by atoms with van der Waals surface area (Å²) in [6.07, 6.45) is 4.10. The summed E-state index contributed by atoms with van der Waals surface area (Å²) in [7, 11) is 3.58. The van der Waals surface area contributed by atoms with Crippen LogP contribution in [0.1, 0.15) is 32.6 Å². The number of nitrogens with two attached hydrogens (primary N) is 1. The predicted octanol–water partition coefficient (Wildman–Crippen LogP) is 0.683. The zero-order chi connectivity index (χ0) is 14.3. The quantitative estimate of drug-likeness (QED) is 0.740. The van der Waals surface area contributed by atoms with Crippen molar-refractivity contribution in [1.29, 1.82) is 0 Å². The predicted molar refractivity (Wildman–Crippen MR) is 77.0 cm³/mol. The number of carbonyl (C=O) groups excluding carboxylic acids is 1. The third-order valence-electron chi connectivity index (χ3n) is 3.66. The smallest absolute Gasteiger partial charge is 0.223 e. The lowest BCUT2D eigenvalue weighted by atomic mass is 10.0. The number of rotatable bonds is 7. The summed E-state index contributed by atoms with van der Waals surface area (Å²) in [5, 5.41) is 0. The highest BCUT2D eigenvalue weighted by Crippen LogP contribution is 2.17. The molecule has 1 aliphatic heterocycles. The molecule has 0 aromatic carbocycles. The maximum absolute atomic E-state index is 11.8. The lowest BCUT2D eigenvalue weighted by Gasteiger charge is -2.37. The van der Waals surface area contributed by atoms with Crippen LogP contribution in [0, 0.1) is 0 Å². The number of nitrogens with zero attached hydrogens (tertiary/aromatic N) is 2. The summed E-state index contributed by atoms with van der Waals surface area (Å²) in [6.45, 7) is 5.40. The Labute approximate surface area is 117 Å². The van der Waals surface area contributed by atoms with Crippen LogP contribution in [0.5, 0.6) is 0 Å². The largest absolute Gasteiger partial charge is 0.377 e. The van der Waals surface area contributed by atoms with Gasteiger partial charge < -0.3 is 15.4 Å². The van der Waals surface area contributed by atoms with E-state index >= 15 is 0 Å². The third-order valence-corrected chi connectivity index (χ3v) is 3.66. The minimum absolute atomic E-state index is 0.142. The van der Waals surface area contributed by atoms with Gasteiger partial charge in [0.1, 0.15) is 0 Å². The molecule has 19 heavy (non-hydrogen) atoms. The first-order chi connectivity index (χ1) is 9.08. The van der Waals surface area contributed by atoms with Crippen LogP contribution in [-0.2, 0) is 9.53 Å². The Kier molecular flexibility index (Phi) is 7.34. The summed E-state index contributed by atoms with van der Waals surface area (Å²) in [5.74, 6) is 0.145. The van der Waals surface area contributed by atoms with Gasteiger partial charge >= 0.3 is 0 Å². The topological polar surface area (TPSA) is 58.8 Å². The number of hydrogen-bond acceptors (Lipinski definition) is 4. The van der Waals surface area contributed by atoms with Crippen LogP contribution in [0.2, 0.25) is 0 Å². The molecule has 0 aromatic heterocycles. The summed E-state index contributed by atoms with van der Waals surface area (Å²) in [5.41, 5.74) is 5.84. The Bertz CT molecular complexity index is 271. The Morgan fingerprint density at radius 3 is 2.84 bits per heavy atom. The lowest BCUT2D eigenvalue weighted by Crippen LogP contribution is -2.50. The molecule has 1 fully saturated rings. The molecule has 0 bridgehead atoms. The van der Waals surface area contributed by atoms with Crippen molar-refractivity contribution >= 4 is 5.91 Å². The van der Waals surface area contributed by atoms with E-state index in [1.165, 1.54) is 0 Å². The molecule has 0 radical (unpaired) electrons. The van der Waals surface area contributed by atoms with Crippen LogP contribution in [0.3, 0.4) is 0 Å². The molecule has 0 aromatic rings. The fourth-order valence-corrected chi connectivity index (χ4v) is 2.46. The van der Waals surface area contributed by atoms with Gasteiger partial charge in [-0.1, -0.05) is 6.92 Å². The van der Waals surface area contributed by atoms with Crippen LogP contribution < -0.4 is 5.73 Å². The van der Waals surface area contributed by atoms with E-state index in [1.54, 1.807) is 19.0 Å². The van der Waals surface area contributed by atoms with Crippen molar-refractivity contribution in [3.05, 3.63) is 0 Å². The molecule has 5 heteroatoms. The second kappa shape index (κ2) is 8.51. The van der Waals surface area contributed by atoms with E-state index in [0.29, 0.717) is 19.1 Å². The van der Waals surface area contributed by atoms with Gasteiger partial charge in [-0.15, -0.1) is 0 Å². The number of piperidine rings is 1. The average Bonchev–Trinajstić information content (AvgIpc) is 2.42. The molecule has 5 nitrogen and oxygen atoms in total. The highest BCUT2D eigenvalue weighted by atomic mass is 16.5. The average molecular weight is 271 g/mol. The van der Waals surface area contributed by atoms with Gasteiger partial charge in [-0.25, -0.2) is 0 Å². The minimum atomic E-state index is 0.142. The SMILES string of the molecule is CCCOC1CCCN(C(CN)CC(=O)N(C)C)C1. The first-order valence-electron chi connectivity index (χ1n) is 7.34. The van der Waals surface area contributed by atoms with Gasteiger partial charge in [0.15, 0.2) is 0 Å². The first-order valence-corrected chi connectivity index (χ1v) is 7.34. The van der Waals surface area contributed by atoms with E-state index in [-0.39, 0.29) is 11.9 Å². The van der Waals surface area contributed by atoms with Gasteiger partial charge in [-0.3, -0.25) is 9.69 Å². The number of ether oxygens (including phenoxy) is 1. The Morgan fingerprint density at radius 1 is 1.53 bits per heavy atom. The molecule has 1 rings (SSSR count). The van der Waals surface area contributed by atoms with Gasteiger partial charge in [-0.05, 0) is 25.8 Å². The Balaban J connectivity index is 2.48. The van der Waals surface area contributed by atoms with Crippen LogP contribution >= 0.6 is 0 Å². The lowest BCUT2D eigenvalue weighted by molar-refractivity contribution is -0.130. The van der Waals surface area contributed by atoms with Gasteiger partial charge in [0.25, 0.3) is 0 Å². The van der Waals surface area contributed by atoms with Gasteiger partial charge in [0.2, 0.25) is 5.91 Å². The molecule has 0 aliphatic carbocycles. The minimum Gasteiger partial charge on any atom is -0.377 e. The molecule has 1 amide bonds. The number of hydrogen-bond donors (Lipinski definition) is 1. The zero-order valence-corrected chi connectivity index (χ0v) is 12.6. The third kappa shape index (κ3) is 5.47. The zero-order valence-electron chi connectivity index (χ0n) is 12.6. The Hall–Kier alpha value is -0.650. The second-order valence-electron chi connectivity index (χ2n) is 5.51. The summed E-state index contributed by atoms with van der Waals surface area (Å²) < 4.78 is 5.83. The van der Waals surface area contributed by atoms with Gasteiger partial charge in [0.05, 0.1) is 6.10 Å². The normalized spacial score (nSPS) is 22.2. The number of amides is 1. The molecule has 1 heterocycles. The summed E-state index contributed by atoms with van der Waals surface area (Å²) >= 11 is 0. The van der Waals surface area contributed by atoms with E-state index in [0.717, 1.165) is 39.0 Å². The highest BCUT2D eigenvalue weighted by Gasteiger charge is 2.27. The first kappa shape index (κ1) is 16.4. The molecule has 0 spiro atoms. The summed E-state index contributed by atoms with van der Waals surface area (Å²) in [6, 6.07) is 0.142. The van der Waals surface area contributed by atoms with Crippen molar-refractivity contribution in [3.8, 4) is 0 Å².